The first-order valence-electron chi connectivity index (χ1n) is 5.27. The number of hydrogen-bond donors (Lipinski definition) is 3. The number of ether oxygens (including phenoxy) is 1. The number of nitrogens with one attached hydrogen (secondary N) is 1. The van der Waals surface area contributed by atoms with Crippen molar-refractivity contribution in [2.75, 3.05) is 11.5 Å². The minimum Gasteiger partial charge on any atom is -0.412 e. The largest absolute Gasteiger partial charge is 0.423 e. The first-order valence-corrected chi connectivity index (χ1v) is 7.25. The Balaban J connectivity index is 5.19. The van der Waals surface area contributed by atoms with Crippen molar-refractivity contribution in [3.63, 3.8) is 0 Å². The van der Waals surface area contributed by atoms with Gasteiger partial charge in [0.15, 0.2) is 0 Å². The summed E-state index contributed by atoms with van der Waals surface area (Å²) >= 11 is 2.44. The van der Waals surface area contributed by atoms with Crippen LogP contribution in [0, 0.1) is 0 Å². The lowest BCUT2D eigenvalue weighted by Gasteiger charge is -2.32. The first-order chi connectivity index (χ1) is 9.38. The van der Waals surface area contributed by atoms with E-state index < -0.39 is 16.4 Å². The molecule has 20 heavy (non-hydrogen) atoms. The number of primary amides is 2. The zero-order chi connectivity index (χ0) is 15.6. The molecule has 0 aromatic heterocycles. The highest BCUT2D eigenvalue weighted by atomic mass is 32.2. The van der Waals surface area contributed by atoms with Gasteiger partial charge in [-0.25, -0.2) is 9.59 Å². The molecule has 5 N–H and O–H groups in total. The minimum absolute atomic E-state index is 0.0371. The quantitative estimate of drug-likeness (QED) is 0.243. The number of hydroxylamine groups is 1. The molecule has 9 heteroatoms. The minimum atomic E-state index is -1.17. The Bertz CT molecular complexity index is 389. The summed E-state index contributed by atoms with van der Waals surface area (Å²) in [5.74, 6) is 0.880. The van der Waals surface area contributed by atoms with E-state index in [0.717, 1.165) is 0 Å². The summed E-state index contributed by atoms with van der Waals surface area (Å²) in [5, 5.41) is 0. The summed E-state index contributed by atoms with van der Waals surface area (Å²) in [4.78, 5) is 26.2. The lowest BCUT2D eigenvalue weighted by Crippen LogP contribution is -2.45. The molecule has 0 atom stereocenters. The lowest BCUT2D eigenvalue weighted by atomic mass is 10.5. The van der Waals surface area contributed by atoms with E-state index in [9.17, 15) is 9.59 Å². The number of carbonyl (C=O) groups excluding carboxylic acids is 2. The second-order valence-electron chi connectivity index (χ2n) is 3.18. The van der Waals surface area contributed by atoms with Gasteiger partial charge in [-0.1, -0.05) is 18.7 Å². The molecule has 0 bridgehead atoms. The van der Waals surface area contributed by atoms with Crippen LogP contribution in [-0.2, 0) is 9.57 Å². The van der Waals surface area contributed by atoms with E-state index in [1.165, 1.54) is 23.5 Å². The molecule has 0 aliphatic rings. The van der Waals surface area contributed by atoms with Crippen LogP contribution in [0.1, 0.15) is 0 Å². The zero-order valence-corrected chi connectivity index (χ0v) is 12.4. The van der Waals surface area contributed by atoms with Crippen LogP contribution in [0.5, 0.6) is 0 Å². The van der Waals surface area contributed by atoms with Crippen LogP contribution in [0.3, 0.4) is 0 Å². The molecule has 2 amide bonds. The predicted octanol–water partition coefficient (Wildman–Crippen LogP) is 1.69. The van der Waals surface area contributed by atoms with Crippen molar-refractivity contribution in [3.8, 4) is 0 Å². The molecule has 0 aliphatic carbocycles. The van der Waals surface area contributed by atoms with Crippen molar-refractivity contribution in [1.82, 2.24) is 5.48 Å². The summed E-state index contributed by atoms with van der Waals surface area (Å²) in [6.07, 6.45) is 1.17. The van der Waals surface area contributed by atoms with Crippen LogP contribution >= 0.6 is 23.5 Å². The van der Waals surface area contributed by atoms with Crippen molar-refractivity contribution in [3.05, 3.63) is 37.6 Å². The third-order valence-corrected chi connectivity index (χ3v) is 4.63. The van der Waals surface area contributed by atoms with Gasteiger partial charge in [-0.3, -0.25) is 0 Å². The Hall–Kier alpha value is -1.58. The van der Waals surface area contributed by atoms with Crippen LogP contribution in [0.15, 0.2) is 37.6 Å². The number of amides is 2. The van der Waals surface area contributed by atoms with Crippen LogP contribution in [0.25, 0.3) is 0 Å². The molecule has 0 aromatic carbocycles. The van der Waals surface area contributed by atoms with Gasteiger partial charge in [-0.15, -0.1) is 42.2 Å². The summed E-state index contributed by atoms with van der Waals surface area (Å²) in [7, 11) is 0. The fourth-order valence-corrected chi connectivity index (χ4v) is 3.03. The number of rotatable bonds is 10. The predicted molar refractivity (Wildman–Crippen MR) is 81.7 cm³/mol. The molecule has 0 aliphatic heterocycles. The van der Waals surface area contributed by atoms with E-state index in [2.05, 4.69) is 30.1 Å². The topological polar surface area (TPSA) is 117 Å². The highest BCUT2D eigenvalue weighted by Crippen LogP contribution is 2.41. The van der Waals surface area contributed by atoms with Crippen LogP contribution < -0.4 is 16.9 Å². The van der Waals surface area contributed by atoms with Crippen molar-refractivity contribution >= 4 is 35.7 Å². The van der Waals surface area contributed by atoms with E-state index in [0.29, 0.717) is 11.5 Å². The van der Waals surface area contributed by atoms with Gasteiger partial charge in [-0.05, 0) is 0 Å². The number of carbonyl (C=O) groups is 2. The van der Waals surface area contributed by atoms with E-state index in [4.69, 9.17) is 16.2 Å². The molecule has 0 heterocycles. The van der Waals surface area contributed by atoms with Crippen molar-refractivity contribution in [2.24, 2.45) is 11.5 Å². The SMILES string of the molecule is C=CCSC(NOC(N)=O)(SCC=C)C(=C)OC(N)=O. The van der Waals surface area contributed by atoms with Crippen molar-refractivity contribution < 1.29 is 19.2 Å². The van der Waals surface area contributed by atoms with Gasteiger partial charge < -0.3 is 21.0 Å². The lowest BCUT2D eigenvalue weighted by molar-refractivity contribution is 0.0829. The monoisotopic (exact) mass is 319 g/mol. The maximum Gasteiger partial charge on any atom is 0.423 e. The van der Waals surface area contributed by atoms with E-state index >= 15 is 0 Å². The molecule has 0 radical (unpaired) electrons. The highest BCUT2D eigenvalue weighted by Gasteiger charge is 2.38. The normalized spacial score (nSPS) is 10.4. The maximum absolute atomic E-state index is 10.9. The third kappa shape index (κ3) is 6.55. The fraction of sp³-hybridized carbons (Fsp3) is 0.273. The van der Waals surface area contributed by atoms with Gasteiger partial charge in [0.1, 0.15) is 5.76 Å². The Morgan fingerprint density at radius 1 is 1.15 bits per heavy atom. The number of hydrogen-bond acceptors (Lipinski definition) is 7. The standard InChI is InChI=1S/C11H17N3O4S2/c1-4-6-19-11(20-7-5-2,14-18-10(13)16)8(3)17-9(12)15/h4-5,14H,1-3,6-7H2,(H2,12,15)(H2,13,16). The highest BCUT2D eigenvalue weighted by molar-refractivity contribution is 8.18. The number of thioether (sulfide) groups is 2. The average Bonchev–Trinajstić information content (AvgIpc) is 2.37. The van der Waals surface area contributed by atoms with Crippen molar-refractivity contribution in [2.45, 2.75) is 4.20 Å². The second-order valence-corrected chi connectivity index (χ2v) is 5.91. The second kappa shape index (κ2) is 9.34. The van der Waals surface area contributed by atoms with E-state index in [1.807, 2.05) is 0 Å². The summed E-state index contributed by atoms with van der Waals surface area (Å²) in [6, 6.07) is 0. The molecule has 0 saturated carbocycles. The fourth-order valence-electron chi connectivity index (χ4n) is 0.977. The Morgan fingerprint density at radius 3 is 2.00 bits per heavy atom. The maximum atomic E-state index is 10.9. The Morgan fingerprint density at radius 2 is 1.65 bits per heavy atom. The molecule has 0 fully saturated rings. The van der Waals surface area contributed by atoms with Crippen LogP contribution in [0.4, 0.5) is 9.59 Å². The van der Waals surface area contributed by atoms with Gasteiger partial charge >= 0.3 is 12.2 Å². The molecular weight excluding hydrogens is 302 g/mol. The first kappa shape index (κ1) is 18.4. The van der Waals surface area contributed by atoms with Gasteiger partial charge in [0.25, 0.3) is 0 Å². The Kier molecular flexibility index (Phi) is 8.61. The third-order valence-electron chi connectivity index (χ3n) is 1.69. The molecule has 0 unspecified atom stereocenters. The molecule has 0 rings (SSSR count). The van der Waals surface area contributed by atoms with Crippen LogP contribution in [-0.4, -0.2) is 27.9 Å². The van der Waals surface area contributed by atoms with Gasteiger partial charge in [0, 0.05) is 11.5 Å². The van der Waals surface area contributed by atoms with E-state index in [1.54, 1.807) is 12.2 Å². The molecule has 0 aromatic rings. The molecular formula is C11H17N3O4S2. The summed E-state index contributed by atoms with van der Waals surface area (Å²) < 4.78 is 3.61. The van der Waals surface area contributed by atoms with Gasteiger partial charge in [0.2, 0.25) is 4.20 Å². The zero-order valence-electron chi connectivity index (χ0n) is 10.8. The smallest absolute Gasteiger partial charge is 0.412 e. The van der Waals surface area contributed by atoms with Crippen molar-refractivity contribution in [1.29, 1.82) is 0 Å². The molecule has 0 saturated heterocycles. The van der Waals surface area contributed by atoms with E-state index in [-0.39, 0.29) is 5.76 Å². The van der Waals surface area contributed by atoms with Gasteiger partial charge in [0.05, 0.1) is 0 Å². The van der Waals surface area contributed by atoms with Crippen LogP contribution in [0.2, 0.25) is 0 Å². The molecule has 7 nitrogen and oxygen atoms in total. The molecule has 112 valence electrons. The Labute approximate surface area is 125 Å². The molecule has 0 spiro atoms. The van der Waals surface area contributed by atoms with Gasteiger partial charge in [-0.2, -0.15) is 0 Å². The average molecular weight is 319 g/mol. The summed E-state index contributed by atoms with van der Waals surface area (Å²) in [5.41, 5.74) is 12.3. The summed E-state index contributed by atoms with van der Waals surface area (Å²) in [6.45, 7) is 10.8. The number of nitrogens with two attached hydrogens (primary N) is 2.